The van der Waals surface area contributed by atoms with Gasteiger partial charge >= 0.3 is 0 Å². The largest absolute Gasteiger partial charge is 0.374 e. The maximum absolute atomic E-state index is 12.8. The van der Waals surface area contributed by atoms with Gasteiger partial charge in [-0.05, 0) is 44.4 Å². The highest BCUT2D eigenvalue weighted by Gasteiger charge is 2.41. The lowest BCUT2D eigenvalue weighted by Crippen LogP contribution is -2.54. The highest BCUT2D eigenvalue weighted by molar-refractivity contribution is 5.79. The lowest BCUT2D eigenvalue weighted by Gasteiger charge is -2.41. The molecule has 0 bridgehead atoms. The van der Waals surface area contributed by atoms with E-state index in [0.717, 1.165) is 38.6 Å². The van der Waals surface area contributed by atoms with Crippen LogP contribution >= 0.6 is 0 Å². The van der Waals surface area contributed by atoms with Gasteiger partial charge in [-0.15, -0.1) is 0 Å². The number of rotatable bonds is 1. The van der Waals surface area contributed by atoms with Crippen molar-refractivity contribution in [1.82, 2.24) is 4.90 Å². The second-order valence-electron chi connectivity index (χ2n) is 6.71. The van der Waals surface area contributed by atoms with Crippen LogP contribution in [-0.4, -0.2) is 42.1 Å². The summed E-state index contributed by atoms with van der Waals surface area (Å²) in [6.45, 7) is 3.71. The van der Waals surface area contributed by atoms with Gasteiger partial charge in [0.1, 0.15) is 0 Å². The van der Waals surface area contributed by atoms with E-state index < -0.39 is 0 Å². The molecule has 0 aromatic rings. The lowest BCUT2D eigenvalue weighted by molar-refractivity contribution is -0.150. The van der Waals surface area contributed by atoms with Crippen molar-refractivity contribution in [3.63, 3.8) is 0 Å². The molecule has 0 aromatic carbocycles. The van der Waals surface area contributed by atoms with Crippen LogP contribution in [0.4, 0.5) is 0 Å². The van der Waals surface area contributed by atoms with Crippen molar-refractivity contribution in [2.45, 2.75) is 63.6 Å². The molecule has 2 N–H and O–H groups in total. The van der Waals surface area contributed by atoms with E-state index in [4.69, 9.17) is 10.5 Å². The molecule has 1 amide bonds. The smallest absolute Gasteiger partial charge is 0.226 e. The highest BCUT2D eigenvalue weighted by Crippen LogP contribution is 2.34. The fourth-order valence-corrected chi connectivity index (χ4v) is 4.29. The van der Waals surface area contributed by atoms with E-state index in [2.05, 4.69) is 11.8 Å². The molecule has 0 spiro atoms. The van der Waals surface area contributed by atoms with E-state index in [1.165, 1.54) is 6.42 Å². The fourth-order valence-electron chi connectivity index (χ4n) is 4.29. The lowest BCUT2D eigenvalue weighted by atomic mass is 9.79. The first-order valence-corrected chi connectivity index (χ1v) is 7.83. The number of carbonyl (C=O) groups is 1. The number of carbonyl (C=O) groups excluding carboxylic acids is 1. The Kier molecular flexibility index (Phi) is 3.81. The monoisotopic (exact) mass is 266 g/mol. The number of ether oxygens (including phenoxy) is 1. The van der Waals surface area contributed by atoms with Gasteiger partial charge in [-0.1, -0.05) is 6.92 Å². The van der Waals surface area contributed by atoms with Gasteiger partial charge in [-0.2, -0.15) is 0 Å². The molecule has 2 aliphatic carbocycles. The zero-order chi connectivity index (χ0) is 13.4. The molecule has 5 atom stereocenters. The number of nitrogens with two attached hydrogens (primary N) is 1. The highest BCUT2D eigenvalue weighted by atomic mass is 16.5. The van der Waals surface area contributed by atoms with Gasteiger partial charge in [0.2, 0.25) is 5.91 Å². The molecule has 3 fully saturated rings. The van der Waals surface area contributed by atoms with Crippen LogP contribution in [0.15, 0.2) is 0 Å². The quantitative estimate of drug-likeness (QED) is 0.783. The maximum Gasteiger partial charge on any atom is 0.226 e. The average Bonchev–Trinajstić information content (AvgIpc) is 2.84. The molecule has 1 saturated heterocycles. The van der Waals surface area contributed by atoms with Crippen molar-refractivity contribution in [1.29, 1.82) is 0 Å². The average molecular weight is 266 g/mol. The van der Waals surface area contributed by atoms with Crippen LogP contribution in [0.5, 0.6) is 0 Å². The molecule has 4 heteroatoms. The van der Waals surface area contributed by atoms with Gasteiger partial charge in [0.05, 0.1) is 18.8 Å². The molecule has 3 rings (SSSR count). The summed E-state index contributed by atoms with van der Waals surface area (Å²) >= 11 is 0. The van der Waals surface area contributed by atoms with Crippen molar-refractivity contribution in [3.05, 3.63) is 0 Å². The molecule has 4 nitrogen and oxygen atoms in total. The number of fused-ring (bicyclic) bond motifs is 1. The normalized spacial score (nSPS) is 43.1. The van der Waals surface area contributed by atoms with Crippen LogP contribution in [0.1, 0.15) is 45.4 Å². The van der Waals surface area contributed by atoms with E-state index in [1.807, 2.05) is 0 Å². The van der Waals surface area contributed by atoms with Crippen LogP contribution < -0.4 is 5.73 Å². The minimum Gasteiger partial charge on any atom is -0.374 e. The third kappa shape index (κ3) is 2.65. The molecule has 1 heterocycles. The van der Waals surface area contributed by atoms with Crippen molar-refractivity contribution in [2.75, 3.05) is 13.2 Å². The number of nitrogens with zero attached hydrogens (tertiary/aromatic N) is 1. The zero-order valence-corrected chi connectivity index (χ0v) is 11.9. The Balaban J connectivity index is 1.68. The first-order valence-electron chi connectivity index (χ1n) is 7.83. The van der Waals surface area contributed by atoms with E-state index in [-0.39, 0.29) is 12.0 Å². The topological polar surface area (TPSA) is 55.6 Å². The Morgan fingerprint density at radius 3 is 2.89 bits per heavy atom. The maximum atomic E-state index is 12.8. The first-order chi connectivity index (χ1) is 9.15. The predicted molar refractivity (Wildman–Crippen MR) is 73.6 cm³/mol. The van der Waals surface area contributed by atoms with Gasteiger partial charge in [-0.25, -0.2) is 0 Å². The standard InChI is InChI=1S/C15H26N2O2/c1-10-7-11(9-12(16)8-10)15(18)17-5-6-19-14-4-2-3-13(14)17/h10-14H,2-9,16H2,1H3. The minimum atomic E-state index is 0.151. The first kappa shape index (κ1) is 13.4. The number of amides is 1. The Morgan fingerprint density at radius 1 is 1.26 bits per heavy atom. The Hall–Kier alpha value is -0.610. The fraction of sp³-hybridized carbons (Fsp3) is 0.933. The molecule has 0 aromatic heterocycles. The number of hydrogen-bond acceptors (Lipinski definition) is 3. The molecule has 3 aliphatic rings. The summed E-state index contributed by atoms with van der Waals surface area (Å²) in [6.07, 6.45) is 6.69. The number of hydrogen-bond donors (Lipinski definition) is 1. The minimum absolute atomic E-state index is 0.151. The van der Waals surface area contributed by atoms with Gasteiger partial charge < -0.3 is 15.4 Å². The molecule has 0 radical (unpaired) electrons. The molecule has 2 saturated carbocycles. The molecule has 1 aliphatic heterocycles. The Morgan fingerprint density at radius 2 is 2.11 bits per heavy atom. The summed E-state index contributed by atoms with van der Waals surface area (Å²) in [4.78, 5) is 14.9. The molecular weight excluding hydrogens is 240 g/mol. The van der Waals surface area contributed by atoms with E-state index in [1.54, 1.807) is 0 Å². The Bertz CT molecular complexity index is 337. The van der Waals surface area contributed by atoms with Crippen molar-refractivity contribution < 1.29 is 9.53 Å². The molecular formula is C15H26N2O2. The van der Waals surface area contributed by atoms with Gasteiger partial charge in [0.15, 0.2) is 0 Å². The van der Waals surface area contributed by atoms with E-state index >= 15 is 0 Å². The number of morpholine rings is 1. The van der Waals surface area contributed by atoms with Gasteiger partial charge in [0, 0.05) is 18.5 Å². The van der Waals surface area contributed by atoms with Crippen molar-refractivity contribution >= 4 is 5.91 Å². The summed E-state index contributed by atoms with van der Waals surface area (Å²) in [5.41, 5.74) is 6.09. The summed E-state index contributed by atoms with van der Waals surface area (Å²) in [5.74, 6) is 1.08. The summed E-state index contributed by atoms with van der Waals surface area (Å²) in [7, 11) is 0. The second kappa shape index (κ2) is 5.41. The van der Waals surface area contributed by atoms with Gasteiger partial charge in [0.25, 0.3) is 0 Å². The van der Waals surface area contributed by atoms with Crippen LogP contribution in [0, 0.1) is 11.8 Å². The van der Waals surface area contributed by atoms with Gasteiger partial charge in [-0.3, -0.25) is 4.79 Å². The molecule has 19 heavy (non-hydrogen) atoms. The van der Waals surface area contributed by atoms with Crippen LogP contribution in [0.25, 0.3) is 0 Å². The SMILES string of the molecule is CC1CC(N)CC(C(=O)N2CCOC3CCCC32)C1. The summed E-state index contributed by atoms with van der Waals surface area (Å²) in [6, 6.07) is 0.549. The van der Waals surface area contributed by atoms with Crippen LogP contribution in [0.3, 0.4) is 0 Å². The van der Waals surface area contributed by atoms with Crippen molar-refractivity contribution in [3.8, 4) is 0 Å². The Labute approximate surface area is 115 Å². The van der Waals surface area contributed by atoms with E-state index in [9.17, 15) is 4.79 Å². The predicted octanol–water partition coefficient (Wildman–Crippen LogP) is 1.53. The molecule has 108 valence electrons. The van der Waals surface area contributed by atoms with Crippen molar-refractivity contribution in [2.24, 2.45) is 17.6 Å². The third-order valence-electron chi connectivity index (χ3n) is 5.09. The summed E-state index contributed by atoms with van der Waals surface area (Å²) in [5, 5.41) is 0. The zero-order valence-electron chi connectivity index (χ0n) is 11.9. The van der Waals surface area contributed by atoms with Crippen LogP contribution in [-0.2, 0) is 9.53 Å². The molecule has 5 unspecified atom stereocenters. The third-order valence-corrected chi connectivity index (χ3v) is 5.09. The van der Waals surface area contributed by atoms with E-state index in [0.29, 0.717) is 30.6 Å². The van der Waals surface area contributed by atoms with Crippen LogP contribution in [0.2, 0.25) is 0 Å². The second-order valence-corrected chi connectivity index (χ2v) is 6.71. The summed E-state index contributed by atoms with van der Waals surface area (Å²) < 4.78 is 5.79.